The Hall–Kier alpha value is -2.43. The number of hydrogen-bond donors (Lipinski definition) is 1. The van der Waals surface area contributed by atoms with Crippen molar-refractivity contribution in [2.24, 2.45) is 0 Å². The number of hydrogen-bond acceptors (Lipinski definition) is 3. The maximum absolute atomic E-state index is 12.8. The minimum absolute atomic E-state index is 0.0402. The normalized spacial score (nSPS) is 12.1. The molecule has 1 heterocycles. The van der Waals surface area contributed by atoms with Crippen LogP contribution in [-0.4, -0.2) is 31.4 Å². The summed E-state index contributed by atoms with van der Waals surface area (Å²) in [5, 5.41) is 7.30. The average Bonchev–Trinajstić information content (AvgIpc) is 3.16. The fourth-order valence-electron chi connectivity index (χ4n) is 2.90. The van der Waals surface area contributed by atoms with E-state index >= 15 is 0 Å². The minimum Gasteiger partial charge on any atom is -0.350 e. The SMILES string of the molecule is CN(C)[C@@H](CNC(=O)c1ccccc1-c1ccccc1)c1ccsc1. The fourth-order valence-corrected chi connectivity index (χ4v) is 3.61. The van der Waals surface area contributed by atoms with E-state index in [1.165, 1.54) is 5.56 Å². The summed E-state index contributed by atoms with van der Waals surface area (Å²) in [6.45, 7) is 0.575. The van der Waals surface area contributed by atoms with Crippen LogP contribution in [0, 0.1) is 0 Å². The first-order valence-corrected chi connectivity index (χ1v) is 9.22. The van der Waals surface area contributed by atoms with Crippen LogP contribution in [0.25, 0.3) is 11.1 Å². The van der Waals surface area contributed by atoms with Gasteiger partial charge in [0.05, 0.1) is 6.04 Å². The molecule has 3 aromatic rings. The predicted octanol–water partition coefficient (Wildman–Crippen LogP) is 4.45. The first-order valence-electron chi connectivity index (χ1n) is 8.28. The van der Waals surface area contributed by atoms with Crippen LogP contribution in [0.4, 0.5) is 0 Å². The first kappa shape index (κ1) is 17.4. The molecule has 25 heavy (non-hydrogen) atoms. The van der Waals surface area contributed by atoms with Crippen LogP contribution in [0.2, 0.25) is 0 Å². The van der Waals surface area contributed by atoms with Gasteiger partial charge in [-0.2, -0.15) is 11.3 Å². The largest absolute Gasteiger partial charge is 0.350 e. The number of amides is 1. The maximum Gasteiger partial charge on any atom is 0.251 e. The van der Waals surface area contributed by atoms with Crippen molar-refractivity contribution >= 4 is 17.2 Å². The van der Waals surface area contributed by atoms with Gasteiger partial charge in [0.1, 0.15) is 0 Å². The summed E-state index contributed by atoms with van der Waals surface area (Å²) < 4.78 is 0. The monoisotopic (exact) mass is 350 g/mol. The number of carbonyl (C=O) groups is 1. The zero-order valence-corrected chi connectivity index (χ0v) is 15.3. The number of likely N-dealkylation sites (N-methyl/N-ethyl adjacent to an activating group) is 1. The molecule has 1 aromatic heterocycles. The molecule has 0 fully saturated rings. The second-order valence-electron chi connectivity index (χ2n) is 6.16. The zero-order chi connectivity index (χ0) is 17.6. The van der Waals surface area contributed by atoms with E-state index < -0.39 is 0 Å². The van der Waals surface area contributed by atoms with Crippen LogP contribution in [0.3, 0.4) is 0 Å². The van der Waals surface area contributed by atoms with Crippen molar-refractivity contribution in [1.82, 2.24) is 10.2 Å². The lowest BCUT2D eigenvalue weighted by molar-refractivity contribution is 0.0942. The molecule has 1 atom stereocenters. The van der Waals surface area contributed by atoms with Gasteiger partial charge in [0.25, 0.3) is 5.91 Å². The highest BCUT2D eigenvalue weighted by Gasteiger charge is 2.17. The topological polar surface area (TPSA) is 32.3 Å². The fraction of sp³-hybridized carbons (Fsp3) is 0.190. The van der Waals surface area contributed by atoms with Gasteiger partial charge in [-0.25, -0.2) is 0 Å². The molecule has 0 unspecified atom stereocenters. The van der Waals surface area contributed by atoms with E-state index in [0.717, 1.165) is 11.1 Å². The predicted molar refractivity (Wildman–Crippen MR) is 105 cm³/mol. The van der Waals surface area contributed by atoms with Gasteiger partial charge in [0, 0.05) is 12.1 Å². The Morgan fingerprint density at radius 1 is 1.04 bits per heavy atom. The highest BCUT2D eigenvalue weighted by molar-refractivity contribution is 7.07. The Kier molecular flexibility index (Phi) is 5.64. The molecule has 4 heteroatoms. The number of benzene rings is 2. The van der Waals surface area contributed by atoms with E-state index in [4.69, 9.17) is 0 Å². The summed E-state index contributed by atoms with van der Waals surface area (Å²) in [5.41, 5.74) is 3.94. The molecule has 0 aliphatic rings. The number of nitrogens with zero attached hydrogens (tertiary/aromatic N) is 1. The van der Waals surface area contributed by atoms with Crippen molar-refractivity contribution in [3.63, 3.8) is 0 Å². The molecule has 3 rings (SSSR count). The highest BCUT2D eigenvalue weighted by atomic mass is 32.1. The Bertz CT molecular complexity index is 813. The van der Waals surface area contributed by atoms with E-state index in [2.05, 4.69) is 27.0 Å². The summed E-state index contributed by atoms with van der Waals surface area (Å²) in [6.07, 6.45) is 0. The van der Waals surface area contributed by atoms with Gasteiger partial charge in [-0.3, -0.25) is 4.79 Å². The van der Waals surface area contributed by atoms with Crippen LogP contribution >= 0.6 is 11.3 Å². The molecular weight excluding hydrogens is 328 g/mol. The lowest BCUT2D eigenvalue weighted by Crippen LogP contribution is -2.34. The second kappa shape index (κ2) is 8.10. The Labute approximate surface area is 152 Å². The van der Waals surface area contributed by atoms with Crippen LogP contribution in [0.5, 0.6) is 0 Å². The molecule has 1 N–H and O–H groups in total. The summed E-state index contributed by atoms with van der Waals surface area (Å²) in [7, 11) is 4.07. The maximum atomic E-state index is 12.8. The number of thiophene rings is 1. The van der Waals surface area contributed by atoms with Crippen molar-refractivity contribution in [2.75, 3.05) is 20.6 Å². The third kappa shape index (κ3) is 4.16. The molecular formula is C21H22N2OS. The Balaban J connectivity index is 1.78. The summed E-state index contributed by atoms with van der Waals surface area (Å²) in [4.78, 5) is 14.9. The minimum atomic E-state index is -0.0402. The molecule has 0 spiro atoms. The zero-order valence-electron chi connectivity index (χ0n) is 14.5. The molecule has 0 saturated carbocycles. The molecule has 128 valence electrons. The van der Waals surface area contributed by atoms with E-state index in [1.807, 2.05) is 68.7 Å². The van der Waals surface area contributed by atoms with Crippen LogP contribution in [0.1, 0.15) is 22.0 Å². The van der Waals surface area contributed by atoms with Gasteiger partial charge in [-0.15, -0.1) is 0 Å². The van der Waals surface area contributed by atoms with Crippen molar-refractivity contribution in [3.8, 4) is 11.1 Å². The van der Waals surface area contributed by atoms with Crippen molar-refractivity contribution in [1.29, 1.82) is 0 Å². The van der Waals surface area contributed by atoms with E-state index in [0.29, 0.717) is 12.1 Å². The lowest BCUT2D eigenvalue weighted by Gasteiger charge is -2.24. The number of carbonyl (C=O) groups excluding carboxylic acids is 1. The van der Waals surface area contributed by atoms with Crippen LogP contribution in [0.15, 0.2) is 71.4 Å². The van der Waals surface area contributed by atoms with E-state index in [9.17, 15) is 4.79 Å². The van der Waals surface area contributed by atoms with Gasteiger partial charge < -0.3 is 10.2 Å². The molecule has 1 amide bonds. The average molecular weight is 350 g/mol. The number of rotatable bonds is 6. The highest BCUT2D eigenvalue weighted by Crippen LogP contribution is 2.24. The van der Waals surface area contributed by atoms with E-state index in [1.54, 1.807) is 11.3 Å². The summed E-state index contributed by atoms with van der Waals surface area (Å²) >= 11 is 1.68. The van der Waals surface area contributed by atoms with Gasteiger partial charge in [-0.1, -0.05) is 48.5 Å². The molecule has 2 aromatic carbocycles. The quantitative estimate of drug-likeness (QED) is 0.712. The molecule has 3 nitrogen and oxygen atoms in total. The first-order chi connectivity index (χ1) is 12.2. The molecule has 0 aliphatic carbocycles. The van der Waals surface area contributed by atoms with Crippen molar-refractivity contribution in [2.45, 2.75) is 6.04 Å². The number of nitrogens with one attached hydrogen (secondary N) is 1. The summed E-state index contributed by atoms with van der Waals surface area (Å²) in [5.74, 6) is -0.0402. The van der Waals surface area contributed by atoms with Gasteiger partial charge in [0.2, 0.25) is 0 Å². The molecule has 0 radical (unpaired) electrons. The van der Waals surface area contributed by atoms with E-state index in [-0.39, 0.29) is 11.9 Å². The Morgan fingerprint density at radius 3 is 2.44 bits per heavy atom. The standard InChI is InChI=1S/C21H22N2OS/c1-23(2)20(17-12-13-25-15-17)14-22-21(24)19-11-7-6-10-18(19)16-8-4-3-5-9-16/h3-13,15,20H,14H2,1-2H3,(H,22,24)/t20-/m0/s1. The van der Waals surface area contributed by atoms with Crippen molar-refractivity contribution < 1.29 is 4.79 Å². The smallest absolute Gasteiger partial charge is 0.251 e. The van der Waals surface area contributed by atoms with Gasteiger partial charge in [0.15, 0.2) is 0 Å². The van der Waals surface area contributed by atoms with Gasteiger partial charge in [-0.05, 0) is 53.7 Å². The van der Waals surface area contributed by atoms with Crippen molar-refractivity contribution in [3.05, 3.63) is 82.6 Å². The van der Waals surface area contributed by atoms with Gasteiger partial charge >= 0.3 is 0 Å². The Morgan fingerprint density at radius 2 is 1.76 bits per heavy atom. The molecule has 0 saturated heterocycles. The third-order valence-corrected chi connectivity index (χ3v) is 4.97. The van der Waals surface area contributed by atoms with Crippen LogP contribution < -0.4 is 5.32 Å². The molecule has 0 bridgehead atoms. The summed E-state index contributed by atoms with van der Waals surface area (Å²) in [6, 6.07) is 20.0. The lowest BCUT2D eigenvalue weighted by atomic mass is 9.99. The molecule has 0 aliphatic heterocycles. The van der Waals surface area contributed by atoms with Crippen LogP contribution in [-0.2, 0) is 0 Å². The second-order valence-corrected chi connectivity index (χ2v) is 6.94. The third-order valence-electron chi connectivity index (χ3n) is 4.26.